The maximum Gasteiger partial charge on any atom is 0.234 e. The van der Waals surface area contributed by atoms with Gasteiger partial charge in [-0.1, -0.05) is 43.7 Å². The van der Waals surface area contributed by atoms with Crippen LogP contribution in [0.4, 0.5) is 0 Å². The van der Waals surface area contributed by atoms with E-state index in [2.05, 4.69) is 17.4 Å². The van der Waals surface area contributed by atoms with Crippen molar-refractivity contribution in [1.82, 2.24) is 5.32 Å². The normalized spacial score (nSPS) is 25.3. The predicted molar refractivity (Wildman–Crippen MR) is 83.1 cm³/mol. The van der Waals surface area contributed by atoms with Gasteiger partial charge in [0.2, 0.25) is 5.91 Å². The van der Waals surface area contributed by atoms with Crippen molar-refractivity contribution in [3.05, 3.63) is 0 Å². The molecule has 0 bridgehead atoms. The van der Waals surface area contributed by atoms with E-state index in [-0.39, 0.29) is 17.8 Å². The molecule has 0 aliphatic heterocycles. The summed E-state index contributed by atoms with van der Waals surface area (Å²) in [6.45, 7) is 2.09. The van der Waals surface area contributed by atoms with Gasteiger partial charge in [-0.05, 0) is 38.5 Å². The highest BCUT2D eigenvalue weighted by Crippen LogP contribution is 2.37. The lowest BCUT2D eigenvalue weighted by molar-refractivity contribution is -0.130. The van der Waals surface area contributed by atoms with Gasteiger partial charge in [0, 0.05) is 6.04 Å². The van der Waals surface area contributed by atoms with Crippen molar-refractivity contribution in [2.45, 2.75) is 77.2 Å². The molecule has 2 aliphatic rings. The van der Waals surface area contributed by atoms with Crippen LogP contribution in [-0.2, 0) is 4.79 Å². The molecule has 1 unspecified atom stereocenters. The van der Waals surface area contributed by atoms with Crippen molar-refractivity contribution >= 4 is 11.7 Å². The molecule has 1 amide bonds. The lowest BCUT2D eigenvalue weighted by Gasteiger charge is -2.37. The lowest BCUT2D eigenvalue weighted by Crippen LogP contribution is -2.54. The molecule has 5 nitrogen and oxygen atoms in total. The highest BCUT2D eigenvalue weighted by atomic mass is 16.4. The van der Waals surface area contributed by atoms with Crippen molar-refractivity contribution < 1.29 is 10.0 Å². The number of hydrogen-bond donors (Lipinski definition) is 3. The van der Waals surface area contributed by atoms with Crippen molar-refractivity contribution in [1.29, 1.82) is 0 Å². The Hall–Kier alpha value is -1.26. The van der Waals surface area contributed by atoms with E-state index in [1.54, 1.807) is 0 Å². The summed E-state index contributed by atoms with van der Waals surface area (Å²) >= 11 is 0. The average Bonchev–Trinajstić information content (AvgIpc) is 2.55. The zero-order chi connectivity index (χ0) is 15.3. The number of carbonyl (C=O) groups is 1. The summed E-state index contributed by atoms with van der Waals surface area (Å²) in [5.74, 6) is 0.599. The summed E-state index contributed by atoms with van der Waals surface area (Å²) in [5.41, 5.74) is 5.08. The highest BCUT2D eigenvalue weighted by Gasteiger charge is 2.44. The summed E-state index contributed by atoms with van der Waals surface area (Å²) in [6.07, 6.45) is 10.6. The van der Waals surface area contributed by atoms with Crippen molar-refractivity contribution in [2.24, 2.45) is 22.2 Å². The van der Waals surface area contributed by atoms with Crippen LogP contribution in [0.25, 0.3) is 0 Å². The fourth-order valence-corrected chi connectivity index (χ4v) is 3.95. The standard InChI is InChI=1S/C16H29N3O2/c1-12(13-8-4-2-5-9-13)18-15(20)16(14(17)19-21)10-6-3-7-11-16/h12-13,21H,2-11H2,1H3,(H2,17,19)(H,18,20). The number of carbonyl (C=O) groups excluding carboxylic acids is 1. The first-order chi connectivity index (χ1) is 10.1. The quantitative estimate of drug-likeness (QED) is 0.322. The van der Waals surface area contributed by atoms with E-state index in [4.69, 9.17) is 10.9 Å². The second-order valence-electron chi connectivity index (χ2n) is 6.79. The monoisotopic (exact) mass is 295 g/mol. The van der Waals surface area contributed by atoms with Gasteiger partial charge in [-0.3, -0.25) is 4.79 Å². The topological polar surface area (TPSA) is 87.7 Å². The molecule has 1 atom stereocenters. The van der Waals surface area contributed by atoms with Gasteiger partial charge in [0.1, 0.15) is 5.41 Å². The van der Waals surface area contributed by atoms with E-state index in [1.807, 2.05) is 0 Å². The van der Waals surface area contributed by atoms with Gasteiger partial charge < -0.3 is 16.3 Å². The molecule has 0 aromatic heterocycles. The number of nitrogens with one attached hydrogen (secondary N) is 1. The zero-order valence-electron chi connectivity index (χ0n) is 13.1. The Kier molecular flexibility index (Phi) is 5.48. The van der Waals surface area contributed by atoms with E-state index in [1.165, 1.54) is 32.1 Å². The van der Waals surface area contributed by atoms with Gasteiger partial charge in [-0.15, -0.1) is 0 Å². The summed E-state index contributed by atoms with van der Waals surface area (Å²) in [7, 11) is 0. The largest absolute Gasteiger partial charge is 0.409 e. The van der Waals surface area contributed by atoms with Gasteiger partial charge in [0.05, 0.1) is 0 Å². The Morgan fingerprint density at radius 2 is 1.76 bits per heavy atom. The molecule has 4 N–H and O–H groups in total. The number of oxime groups is 1. The molecule has 2 fully saturated rings. The number of nitrogens with zero attached hydrogens (tertiary/aromatic N) is 1. The maximum atomic E-state index is 12.8. The molecule has 21 heavy (non-hydrogen) atoms. The van der Waals surface area contributed by atoms with Crippen molar-refractivity contribution in [2.75, 3.05) is 0 Å². The smallest absolute Gasteiger partial charge is 0.234 e. The predicted octanol–water partition coefficient (Wildman–Crippen LogP) is 2.77. The van der Waals surface area contributed by atoms with Gasteiger partial charge in [0.15, 0.2) is 5.84 Å². The Morgan fingerprint density at radius 1 is 1.19 bits per heavy atom. The fourth-order valence-electron chi connectivity index (χ4n) is 3.95. The van der Waals surface area contributed by atoms with Crippen LogP contribution in [0.3, 0.4) is 0 Å². The molecule has 120 valence electrons. The minimum Gasteiger partial charge on any atom is -0.409 e. The Morgan fingerprint density at radius 3 is 2.33 bits per heavy atom. The van der Waals surface area contributed by atoms with Gasteiger partial charge in [-0.25, -0.2) is 0 Å². The molecule has 2 saturated carbocycles. The summed E-state index contributed by atoms with van der Waals surface area (Å²) in [5, 5.41) is 15.4. The Bertz CT molecular complexity index is 383. The third-order valence-corrected chi connectivity index (χ3v) is 5.46. The van der Waals surface area contributed by atoms with Gasteiger partial charge >= 0.3 is 0 Å². The molecular formula is C16H29N3O2. The van der Waals surface area contributed by atoms with E-state index >= 15 is 0 Å². The first kappa shape index (κ1) is 16.1. The van der Waals surface area contributed by atoms with E-state index < -0.39 is 5.41 Å². The second-order valence-corrected chi connectivity index (χ2v) is 6.79. The molecular weight excluding hydrogens is 266 g/mol. The molecule has 2 aliphatic carbocycles. The van der Waals surface area contributed by atoms with Crippen molar-refractivity contribution in [3.63, 3.8) is 0 Å². The minimum atomic E-state index is -0.796. The molecule has 0 heterocycles. The van der Waals surface area contributed by atoms with Crippen LogP contribution < -0.4 is 11.1 Å². The zero-order valence-corrected chi connectivity index (χ0v) is 13.1. The summed E-state index contributed by atoms with van der Waals surface area (Å²) in [6, 6.07) is 0.170. The molecule has 0 aromatic carbocycles. The lowest BCUT2D eigenvalue weighted by atomic mass is 9.72. The number of rotatable bonds is 4. The highest BCUT2D eigenvalue weighted by molar-refractivity contribution is 6.06. The molecule has 0 aromatic rings. The van der Waals surface area contributed by atoms with E-state index in [0.717, 1.165) is 19.3 Å². The first-order valence-electron chi connectivity index (χ1n) is 8.39. The fraction of sp³-hybridized carbons (Fsp3) is 0.875. The third kappa shape index (κ3) is 3.50. The van der Waals surface area contributed by atoms with Crippen LogP contribution in [-0.4, -0.2) is 23.0 Å². The maximum absolute atomic E-state index is 12.8. The summed E-state index contributed by atoms with van der Waals surface area (Å²) in [4.78, 5) is 12.8. The first-order valence-corrected chi connectivity index (χ1v) is 8.39. The van der Waals surface area contributed by atoms with Crippen LogP contribution in [0.1, 0.15) is 71.1 Å². The number of hydrogen-bond acceptors (Lipinski definition) is 3. The van der Waals surface area contributed by atoms with Gasteiger partial charge in [0.25, 0.3) is 0 Å². The van der Waals surface area contributed by atoms with E-state index in [0.29, 0.717) is 18.8 Å². The molecule has 5 heteroatoms. The minimum absolute atomic E-state index is 0.0458. The van der Waals surface area contributed by atoms with Crippen molar-refractivity contribution in [3.8, 4) is 0 Å². The SMILES string of the molecule is CC(NC(=O)C1(C(N)=NO)CCCCC1)C1CCCCC1. The molecule has 0 saturated heterocycles. The Balaban J connectivity index is 2.04. The number of amidine groups is 1. The average molecular weight is 295 g/mol. The Labute approximate surface area is 127 Å². The number of nitrogens with two attached hydrogens (primary N) is 1. The molecule has 2 rings (SSSR count). The molecule has 0 spiro atoms. The van der Waals surface area contributed by atoms with Crippen LogP contribution >= 0.6 is 0 Å². The van der Waals surface area contributed by atoms with Gasteiger partial charge in [-0.2, -0.15) is 0 Å². The molecule has 0 radical (unpaired) electrons. The van der Waals surface area contributed by atoms with Crippen LogP contribution in [0.2, 0.25) is 0 Å². The van der Waals surface area contributed by atoms with Crippen LogP contribution in [0.15, 0.2) is 5.16 Å². The summed E-state index contributed by atoms with van der Waals surface area (Å²) < 4.78 is 0. The third-order valence-electron chi connectivity index (χ3n) is 5.46. The van der Waals surface area contributed by atoms with Crippen LogP contribution in [0.5, 0.6) is 0 Å². The van der Waals surface area contributed by atoms with E-state index in [9.17, 15) is 4.79 Å². The van der Waals surface area contributed by atoms with Crippen LogP contribution in [0, 0.1) is 11.3 Å². The second kappa shape index (κ2) is 7.14. The number of amides is 1.